The number of hydrogen-bond acceptors (Lipinski definition) is 4. The number of carbonyl (C=O) groups is 3. The maximum atomic E-state index is 14.4. The molecule has 5 atom stereocenters. The fraction of sp³-hybridized carbons (Fsp3) is 0.654. The lowest BCUT2D eigenvalue weighted by molar-refractivity contribution is -0.136. The molecule has 3 amide bonds. The van der Waals surface area contributed by atoms with E-state index in [9.17, 15) is 18.8 Å². The monoisotopic (exact) mass is 455 g/mol. The Morgan fingerprint density at radius 1 is 0.970 bits per heavy atom. The summed E-state index contributed by atoms with van der Waals surface area (Å²) >= 11 is 0. The summed E-state index contributed by atoms with van der Waals surface area (Å²) < 4.78 is 14.4. The summed E-state index contributed by atoms with van der Waals surface area (Å²) in [5.74, 6) is -0.313. The first-order valence-corrected chi connectivity index (χ1v) is 12.7. The highest BCUT2D eigenvalue weighted by Gasteiger charge is 2.39. The number of rotatable bonds is 5. The number of amides is 3. The van der Waals surface area contributed by atoms with Gasteiger partial charge >= 0.3 is 0 Å². The molecule has 6 nitrogen and oxygen atoms in total. The summed E-state index contributed by atoms with van der Waals surface area (Å²) in [7, 11) is 0. The fourth-order valence-corrected chi connectivity index (χ4v) is 6.28. The third-order valence-corrected chi connectivity index (χ3v) is 8.10. The van der Waals surface area contributed by atoms with Gasteiger partial charge in [0.05, 0.1) is 0 Å². The van der Waals surface area contributed by atoms with Gasteiger partial charge in [-0.2, -0.15) is 0 Å². The molecule has 2 aliphatic heterocycles. The van der Waals surface area contributed by atoms with E-state index in [2.05, 4.69) is 16.7 Å². The van der Waals surface area contributed by atoms with Gasteiger partial charge in [0.25, 0.3) is 5.91 Å². The zero-order valence-corrected chi connectivity index (χ0v) is 19.2. The molecular formula is C26H34FN3O3. The first-order valence-electron chi connectivity index (χ1n) is 12.7. The highest BCUT2D eigenvalue weighted by molar-refractivity contribution is 6.05. The van der Waals surface area contributed by atoms with Gasteiger partial charge in [-0.05, 0) is 61.6 Å². The number of imide groups is 1. The van der Waals surface area contributed by atoms with E-state index in [1.807, 2.05) is 12.1 Å². The van der Waals surface area contributed by atoms with Crippen LogP contribution in [0.4, 0.5) is 4.39 Å². The molecule has 4 aliphatic rings. The average Bonchev–Trinajstić information content (AvgIpc) is 3.12. The second-order valence-electron chi connectivity index (χ2n) is 10.3. The Bertz CT molecular complexity index is 935. The van der Waals surface area contributed by atoms with Crippen molar-refractivity contribution < 1.29 is 18.8 Å². The van der Waals surface area contributed by atoms with Gasteiger partial charge < -0.3 is 10.2 Å². The molecule has 0 spiro atoms. The van der Waals surface area contributed by atoms with Crippen molar-refractivity contribution in [2.24, 2.45) is 5.92 Å². The summed E-state index contributed by atoms with van der Waals surface area (Å²) in [6.45, 7) is 0.409. The Balaban J connectivity index is 1.26. The third kappa shape index (κ3) is 4.70. The van der Waals surface area contributed by atoms with Crippen molar-refractivity contribution in [3.63, 3.8) is 0 Å². The predicted octanol–water partition coefficient (Wildman–Crippen LogP) is 3.42. The van der Waals surface area contributed by atoms with Crippen LogP contribution in [-0.4, -0.2) is 46.9 Å². The number of alkyl halides is 1. The molecule has 0 bridgehead atoms. The molecule has 2 saturated carbocycles. The Labute approximate surface area is 194 Å². The number of piperidine rings is 1. The van der Waals surface area contributed by atoms with Crippen molar-refractivity contribution in [1.29, 1.82) is 0 Å². The Morgan fingerprint density at radius 2 is 1.73 bits per heavy atom. The van der Waals surface area contributed by atoms with Gasteiger partial charge in [-0.25, -0.2) is 4.39 Å². The molecule has 5 rings (SSSR count). The molecule has 3 fully saturated rings. The van der Waals surface area contributed by atoms with E-state index in [0.29, 0.717) is 36.9 Å². The van der Waals surface area contributed by atoms with Crippen LogP contribution in [0.1, 0.15) is 85.7 Å². The van der Waals surface area contributed by atoms with Crippen molar-refractivity contribution in [2.75, 3.05) is 0 Å². The van der Waals surface area contributed by atoms with Gasteiger partial charge in [0.1, 0.15) is 12.2 Å². The van der Waals surface area contributed by atoms with E-state index in [1.54, 1.807) is 4.90 Å². The normalized spacial score (nSPS) is 32.6. The SMILES string of the molecule is O=C1CCC(N2Cc3cc(C[C@H]4CCCC[C@@H]4NC4CCCC[C@H]4F)ccc3C2=O)C(=O)N1. The summed E-state index contributed by atoms with van der Waals surface area (Å²) in [6, 6.07) is 5.79. The van der Waals surface area contributed by atoms with Crippen molar-refractivity contribution in [3.8, 4) is 0 Å². The highest BCUT2D eigenvalue weighted by atomic mass is 19.1. The lowest BCUT2D eigenvalue weighted by Gasteiger charge is -2.37. The van der Waals surface area contributed by atoms with Crippen LogP contribution in [0.3, 0.4) is 0 Å². The van der Waals surface area contributed by atoms with Crippen molar-refractivity contribution in [3.05, 3.63) is 34.9 Å². The smallest absolute Gasteiger partial charge is 0.255 e. The fourth-order valence-electron chi connectivity index (χ4n) is 6.28. The van der Waals surface area contributed by atoms with E-state index >= 15 is 0 Å². The van der Waals surface area contributed by atoms with Crippen LogP contribution in [0.2, 0.25) is 0 Å². The molecular weight excluding hydrogens is 421 g/mol. The van der Waals surface area contributed by atoms with Crippen LogP contribution in [0, 0.1) is 5.92 Å². The van der Waals surface area contributed by atoms with Gasteiger partial charge in [-0.1, -0.05) is 37.8 Å². The van der Waals surface area contributed by atoms with E-state index < -0.39 is 12.2 Å². The number of benzene rings is 1. The molecule has 33 heavy (non-hydrogen) atoms. The number of nitrogens with zero attached hydrogens (tertiary/aromatic N) is 1. The van der Waals surface area contributed by atoms with E-state index in [-0.39, 0.29) is 30.2 Å². The van der Waals surface area contributed by atoms with Crippen LogP contribution in [0.5, 0.6) is 0 Å². The van der Waals surface area contributed by atoms with Gasteiger partial charge in [0, 0.05) is 30.6 Å². The summed E-state index contributed by atoms with van der Waals surface area (Å²) in [4.78, 5) is 38.3. The van der Waals surface area contributed by atoms with Crippen molar-refractivity contribution in [2.45, 2.75) is 101 Å². The second-order valence-corrected chi connectivity index (χ2v) is 10.3. The number of carbonyl (C=O) groups excluding carboxylic acids is 3. The van der Waals surface area contributed by atoms with Gasteiger partial charge in [-0.3, -0.25) is 19.7 Å². The zero-order chi connectivity index (χ0) is 22.9. The summed E-state index contributed by atoms with van der Waals surface area (Å²) in [5.41, 5.74) is 2.81. The molecule has 178 valence electrons. The zero-order valence-electron chi connectivity index (χ0n) is 19.2. The van der Waals surface area contributed by atoms with Crippen LogP contribution in [0.25, 0.3) is 0 Å². The van der Waals surface area contributed by atoms with Gasteiger partial charge in [0.15, 0.2) is 0 Å². The molecule has 7 heteroatoms. The number of fused-ring (bicyclic) bond motifs is 1. The quantitative estimate of drug-likeness (QED) is 0.667. The minimum Gasteiger partial charge on any atom is -0.322 e. The molecule has 1 aromatic rings. The summed E-state index contributed by atoms with van der Waals surface area (Å²) in [6.07, 6.45) is 9.18. The molecule has 2 unspecified atom stereocenters. The topological polar surface area (TPSA) is 78.5 Å². The van der Waals surface area contributed by atoms with Crippen LogP contribution in [0.15, 0.2) is 18.2 Å². The largest absolute Gasteiger partial charge is 0.322 e. The van der Waals surface area contributed by atoms with E-state index in [4.69, 9.17) is 0 Å². The van der Waals surface area contributed by atoms with Crippen molar-refractivity contribution >= 4 is 17.7 Å². The number of hydrogen-bond donors (Lipinski definition) is 2. The standard InChI is InChI=1S/C26H34FN3O3/c27-20-6-2-4-8-22(20)28-21-7-3-1-5-17(21)13-16-9-10-19-18(14-16)15-30(26(19)33)23-11-12-24(31)29-25(23)32/h9-10,14,17,20-23,28H,1-8,11-13,15H2,(H,29,31,32)/t17-,20-,21+,22?,23?/m1/s1. The first-order chi connectivity index (χ1) is 16.0. The maximum absolute atomic E-state index is 14.4. The lowest BCUT2D eigenvalue weighted by atomic mass is 9.79. The molecule has 2 heterocycles. The predicted molar refractivity (Wildman–Crippen MR) is 122 cm³/mol. The molecule has 1 aromatic carbocycles. The van der Waals surface area contributed by atoms with Crippen LogP contribution >= 0.6 is 0 Å². The molecule has 2 N–H and O–H groups in total. The highest BCUT2D eigenvalue weighted by Crippen LogP contribution is 2.33. The van der Waals surface area contributed by atoms with Crippen LogP contribution < -0.4 is 10.6 Å². The number of nitrogens with one attached hydrogen (secondary N) is 2. The van der Waals surface area contributed by atoms with E-state index in [0.717, 1.165) is 44.1 Å². The molecule has 0 aromatic heterocycles. The minimum atomic E-state index is -0.731. The molecule has 1 saturated heterocycles. The van der Waals surface area contributed by atoms with E-state index in [1.165, 1.54) is 18.4 Å². The molecule has 0 radical (unpaired) electrons. The first kappa shape index (κ1) is 22.5. The maximum Gasteiger partial charge on any atom is 0.255 e. The van der Waals surface area contributed by atoms with Crippen LogP contribution in [-0.2, 0) is 22.6 Å². The van der Waals surface area contributed by atoms with Gasteiger partial charge in [0.2, 0.25) is 11.8 Å². The third-order valence-electron chi connectivity index (χ3n) is 8.10. The molecule has 2 aliphatic carbocycles. The minimum absolute atomic E-state index is 0.0101. The Morgan fingerprint density at radius 3 is 2.52 bits per heavy atom. The second kappa shape index (κ2) is 9.53. The number of halogens is 1. The average molecular weight is 456 g/mol. The Kier molecular flexibility index (Phi) is 6.50. The Hall–Kier alpha value is -2.28. The lowest BCUT2D eigenvalue weighted by Crippen LogP contribution is -2.52. The van der Waals surface area contributed by atoms with Crippen molar-refractivity contribution in [1.82, 2.24) is 15.5 Å². The van der Waals surface area contributed by atoms with Gasteiger partial charge in [-0.15, -0.1) is 0 Å². The summed E-state index contributed by atoms with van der Waals surface area (Å²) in [5, 5.41) is 6.04.